The van der Waals surface area contributed by atoms with Crippen LogP contribution in [-0.4, -0.2) is 23.4 Å². The lowest BCUT2D eigenvalue weighted by Crippen LogP contribution is -2.32. The van der Waals surface area contributed by atoms with Crippen LogP contribution >= 0.6 is 11.6 Å². The Kier molecular flexibility index (Phi) is 5.06. The van der Waals surface area contributed by atoms with Crippen molar-refractivity contribution < 1.29 is 4.79 Å². The van der Waals surface area contributed by atoms with E-state index in [9.17, 15) is 4.79 Å². The van der Waals surface area contributed by atoms with Gasteiger partial charge in [0.25, 0.3) is 0 Å². The third-order valence-electron chi connectivity index (χ3n) is 3.77. The van der Waals surface area contributed by atoms with Crippen molar-refractivity contribution in [1.29, 1.82) is 0 Å². The summed E-state index contributed by atoms with van der Waals surface area (Å²) in [6.07, 6.45) is 1.78. The van der Waals surface area contributed by atoms with E-state index < -0.39 is 0 Å². The smallest absolute Gasteiger partial charge is 0.241 e. The summed E-state index contributed by atoms with van der Waals surface area (Å²) in [4.78, 5) is 14.4. The lowest BCUT2D eigenvalue weighted by Gasteiger charge is -2.25. The summed E-state index contributed by atoms with van der Waals surface area (Å²) in [7, 11) is 0. The predicted octanol–water partition coefficient (Wildman–Crippen LogP) is 3.60. The molecule has 1 aliphatic rings. The molecule has 1 saturated heterocycles. The molecule has 1 aromatic rings. The summed E-state index contributed by atoms with van der Waals surface area (Å²) in [5.74, 6) is 0.793. The number of halogens is 1. The Labute approximate surface area is 126 Å². The quantitative estimate of drug-likeness (QED) is 0.900. The minimum atomic E-state index is -0.0776. The molecule has 110 valence electrons. The highest BCUT2D eigenvalue weighted by molar-refractivity contribution is 6.30. The van der Waals surface area contributed by atoms with Gasteiger partial charge in [0, 0.05) is 11.6 Å². The van der Waals surface area contributed by atoms with Crippen molar-refractivity contribution >= 4 is 17.5 Å². The minimum Gasteiger partial charge on any atom is -0.322 e. The van der Waals surface area contributed by atoms with Crippen molar-refractivity contribution in [3.8, 4) is 0 Å². The van der Waals surface area contributed by atoms with Gasteiger partial charge in [-0.1, -0.05) is 44.5 Å². The maximum absolute atomic E-state index is 12.4. The van der Waals surface area contributed by atoms with Crippen molar-refractivity contribution in [2.75, 3.05) is 6.54 Å². The van der Waals surface area contributed by atoms with Gasteiger partial charge in [0.2, 0.25) is 5.91 Å². The first-order valence-corrected chi connectivity index (χ1v) is 7.72. The Hall–Kier alpha value is -1.06. The molecule has 20 heavy (non-hydrogen) atoms. The third kappa shape index (κ3) is 3.33. The Morgan fingerprint density at radius 3 is 2.75 bits per heavy atom. The number of amides is 1. The van der Waals surface area contributed by atoms with Crippen molar-refractivity contribution in [1.82, 2.24) is 10.2 Å². The fourth-order valence-electron chi connectivity index (χ4n) is 2.56. The number of hydrogen-bond acceptors (Lipinski definition) is 2. The topological polar surface area (TPSA) is 32.3 Å². The number of hydrogen-bond donors (Lipinski definition) is 1. The maximum atomic E-state index is 12.4. The zero-order valence-electron chi connectivity index (χ0n) is 12.4. The van der Waals surface area contributed by atoms with E-state index in [0.29, 0.717) is 10.9 Å². The molecule has 1 heterocycles. The molecule has 1 N–H and O–H groups in total. The Balaban J connectivity index is 2.21. The molecule has 2 unspecified atom stereocenters. The number of carbonyl (C=O) groups is 1. The number of carbonyl (C=O) groups excluding carboxylic acids is 1. The Morgan fingerprint density at radius 1 is 1.40 bits per heavy atom. The predicted molar refractivity (Wildman–Crippen MR) is 82.6 cm³/mol. The van der Waals surface area contributed by atoms with Crippen molar-refractivity contribution in [2.45, 2.75) is 45.8 Å². The summed E-state index contributed by atoms with van der Waals surface area (Å²) < 4.78 is 0. The first-order chi connectivity index (χ1) is 9.52. The van der Waals surface area contributed by atoms with E-state index in [1.807, 2.05) is 36.1 Å². The molecule has 1 amide bonds. The van der Waals surface area contributed by atoms with Crippen molar-refractivity contribution in [2.24, 2.45) is 5.92 Å². The van der Waals surface area contributed by atoms with E-state index in [0.717, 1.165) is 24.9 Å². The van der Waals surface area contributed by atoms with E-state index in [2.05, 4.69) is 19.2 Å². The highest BCUT2D eigenvalue weighted by atomic mass is 35.5. The molecule has 2 atom stereocenters. The molecule has 0 bridgehead atoms. The van der Waals surface area contributed by atoms with Gasteiger partial charge in [-0.3, -0.25) is 10.1 Å². The average Bonchev–Trinajstić information content (AvgIpc) is 2.73. The van der Waals surface area contributed by atoms with E-state index in [1.165, 1.54) is 0 Å². The van der Waals surface area contributed by atoms with Crippen molar-refractivity contribution in [3.05, 3.63) is 34.9 Å². The number of nitrogens with zero attached hydrogens (tertiary/aromatic N) is 1. The molecule has 1 aromatic carbocycles. The van der Waals surface area contributed by atoms with Crippen LogP contribution in [-0.2, 0) is 4.79 Å². The van der Waals surface area contributed by atoms with Crippen LogP contribution < -0.4 is 5.32 Å². The van der Waals surface area contributed by atoms with Crippen molar-refractivity contribution in [3.63, 3.8) is 0 Å². The second-order valence-corrected chi connectivity index (χ2v) is 6.24. The molecule has 1 fully saturated rings. The Morgan fingerprint density at radius 2 is 2.15 bits per heavy atom. The molecule has 0 aromatic heterocycles. The number of benzene rings is 1. The third-order valence-corrected chi connectivity index (χ3v) is 4.01. The van der Waals surface area contributed by atoms with Gasteiger partial charge in [-0.2, -0.15) is 0 Å². The fraction of sp³-hybridized carbons (Fsp3) is 0.562. The van der Waals surface area contributed by atoms with Gasteiger partial charge in [0.1, 0.15) is 6.17 Å². The van der Waals surface area contributed by atoms with Gasteiger partial charge in [0.05, 0.1) is 6.04 Å². The highest BCUT2D eigenvalue weighted by Gasteiger charge is 2.38. The van der Waals surface area contributed by atoms with E-state index in [4.69, 9.17) is 11.6 Å². The summed E-state index contributed by atoms with van der Waals surface area (Å²) in [6.45, 7) is 7.19. The van der Waals surface area contributed by atoms with Crippen LogP contribution in [0.25, 0.3) is 0 Å². The lowest BCUT2D eigenvalue weighted by atomic mass is 10.1. The van der Waals surface area contributed by atoms with Gasteiger partial charge in [0.15, 0.2) is 0 Å². The molecule has 1 aliphatic heterocycles. The summed E-state index contributed by atoms with van der Waals surface area (Å²) in [5.41, 5.74) is 1.06. The first-order valence-electron chi connectivity index (χ1n) is 7.35. The molecular formula is C16H23ClN2O. The second-order valence-electron chi connectivity index (χ2n) is 5.80. The molecule has 0 spiro atoms. The van der Waals surface area contributed by atoms with Crippen LogP contribution in [0.4, 0.5) is 0 Å². The second kappa shape index (κ2) is 6.59. The van der Waals surface area contributed by atoms with Crippen LogP contribution in [0.3, 0.4) is 0 Å². The molecular weight excluding hydrogens is 272 g/mol. The van der Waals surface area contributed by atoms with Gasteiger partial charge in [-0.15, -0.1) is 0 Å². The lowest BCUT2D eigenvalue weighted by molar-refractivity contribution is -0.130. The van der Waals surface area contributed by atoms with Crippen LogP contribution in [0.5, 0.6) is 0 Å². The molecule has 2 rings (SSSR count). The molecule has 3 nitrogen and oxygen atoms in total. The molecule has 0 saturated carbocycles. The van der Waals surface area contributed by atoms with E-state index >= 15 is 0 Å². The number of nitrogens with one attached hydrogen (secondary N) is 1. The maximum Gasteiger partial charge on any atom is 0.241 e. The fourth-order valence-corrected chi connectivity index (χ4v) is 2.76. The number of rotatable bonds is 5. The van der Waals surface area contributed by atoms with Crippen LogP contribution in [0.2, 0.25) is 5.02 Å². The normalized spacial score (nSPS) is 22.9. The monoisotopic (exact) mass is 294 g/mol. The summed E-state index contributed by atoms with van der Waals surface area (Å²) in [6, 6.07) is 7.68. The van der Waals surface area contributed by atoms with Gasteiger partial charge < -0.3 is 4.90 Å². The Bertz CT molecular complexity index is 475. The first kappa shape index (κ1) is 15.3. The van der Waals surface area contributed by atoms with Crippen LogP contribution in [0.15, 0.2) is 24.3 Å². The van der Waals surface area contributed by atoms with E-state index in [-0.39, 0.29) is 18.1 Å². The van der Waals surface area contributed by atoms with Gasteiger partial charge in [-0.25, -0.2) is 0 Å². The van der Waals surface area contributed by atoms with Gasteiger partial charge >= 0.3 is 0 Å². The largest absolute Gasteiger partial charge is 0.322 e. The standard InChI is InChI=1S/C16H23ClN2O/c1-4-14-16(20)19(9-8-11(2)3)15(18-14)12-6-5-7-13(17)10-12/h5-7,10-11,14-15,18H,4,8-9H2,1-3H3. The summed E-state index contributed by atoms with van der Waals surface area (Å²) >= 11 is 6.07. The van der Waals surface area contributed by atoms with E-state index in [1.54, 1.807) is 0 Å². The minimum absolute atomic E-state index is 0.0510. The summed E-state index contributed by atoms with van der Waals surface area (Å²) in [5, 5.41) is 4.13. The molecule has 4 heteroatoms. The molecule has 0 aliphatic carbocycles. The zero-order valence-corrected chi connectivity index (χ0v) is 13.2. The SMILES string of the molecule is CCC1NC(c2cccc(Cl)c2)N(CCC(C)C)C1=O. The van der Waals surface area contributed by atoms with Gasteiger partial charge in [-0.05, 0) is 36.5 Å². The molecule has 0 radical (unpaired) electrons. The highest BCUT2D eigenvalue weighted by Crippen LogP contribution is 2.28. The average molecular weight is 295 g/mol. The van der Waals surface area contributed by atoms with Crippen LogP contribution in [0.1, 0.15) is 45.3 Å². The zero-order chi connectivity index (χ0) is 14.7. The van der Waals surface area contributed by atoms with Crippen LogP contribution in [0, 0.1) is 5.92 Å².